The molecule has 0 aromatic heterocycles. The molecule has 0 spiro atoms. The molecule has 2 N–H and O–H groups in total. The molecule has 0 amide bonds. The van der Waals surface area contributed by atoms with Gasteiger partial charge in [-0.3, -0.25) is 4.99 Å². The molecule has 0 radical (unpaired) electrons. The minimum absolute atomic E-state index is 0.168. The normalized spacial score (nSPS) is 23.4. The molecule has 0 aliphatic carbocycles. The largest absolute Gasteiger partial charge is 0.380 e. The number of hydrogen-bond donors (Lipinski definition) is 2. The Hall–Kier alpha value is -0.810. The van der Waals surface area contributed by atoms with Crippen LogP contribution in [0.4, 0.5) is 0 Å². The highest BCUT2D eigenvalue weighted by Gasteiger charge is 2.35. The van der Waals surface area contributed by atoms with Crippen LogP contribution in [0.25, 0.3) is 0 Å². The quantitative estimate of drug-likeness (QED) is 0.430. The molecule has 0 aromatic rings. The van der Waals surface area contributed by atoms with Crippen LogP contribution in [0.5, 0.6) is 0 Å². The van der Waals surface area contributed by atoms with Crippen molar-refractivity contribution in [3.8, 4) is 0 Å². The van der Waals surface area contributed by atoms with Gasteiger partial charge < -0.3 is 20.1 Å². The van der Waals surface area contributed by atoms with Crippen molar-refractivity contribution in [1.82, 2.24) is 10.6 Å². The van der Waals surface area contributed by atoms with Gasteiger partial charge in [-0.05, 0) is 32.1 Å². The average Bonchev–Trinajstić information content (AvgIpc) is 2.48. The third kappa shape index (κ3) is 6.97. The first-order chi connectivity index (χ1) is 10.5. The number of nitrogens with zero attached hydrogens (tertiary/aromatic N) is 1. The Bertz CT molecular complexity index is 326. The maximum Gasteiger partial charge on any atom is 0.191 e. The molecular formula is C17H35N3O2. The molecule has 130 valence electrons. The summed E-state index contributed by atoms with van der Waals surface area (Å²) in [5.41, 5.74) is 0.168. The summed E-state index contributed by atoms with van der Waals surface area (Å²) in [6, 6.07) is 0. The van der Waals surface area contributed by atoms with E-state index in [2.05, 4.69) is 38.3 Å². The fourth-order valence-electron chi connectivity index (χ4n) is 2.92. The number of nitrogens with one attached hydrogen (secondary N) is 2. The molecule has 5 nitrogen and oxygen atoms in total. The number of rotatable bonds is 7. The van der Waals surface area contributed by atoms with Crippen LogP contribution in [-0.2, 0) is 9.47 Å². The first-order valence-corrected chi connectivity index (χ1v) is 8.70. The minimum Gasteiger partial charge on any atom is -0.380 e. The number of guanidine groups is 1. The molecule has 1 heterocycles. The van der Waals surface area contributed by atoms with Crippen molar-refractivity contribution >= 4 is 5.96 Å². The smallest absolute Gasteiger partial charge is 0.191 e. The summed E-state index contributed by atoms with van der Waals surface area (Å²) in [5.74, 6) is 1.37. The maximum absolute atomic E-state index is 6.03. The van der Waals surface area contributed by atoms with E-state index in [0.717, 1.165) is 45.2 Å². The highest BCUT2D eigenvalue weighted by Crippen LogP contribution is 2.34. The van der Waals surface area contributed by atoms with E-state index >= 15 is 0 Å². The van der Waals surface area contributed by atoms with E-state index in [1.54, 1.807) is 0 Å². The second kappa shape index (κ2) is 10.1. The molecule has 0 saturated carbocycles. The topological polar surface area (TPSA) is 54.9 Å². The summed E-state index contributed by atoms with van der Waals surface area (Å²) in [6.45, 7) is 15.7. The van der Waals surface area contributed by atoms with Gasteiger partial charge in [0.2, 0.25) is 0 Å². The molecule has 22 heavy (non-hydrogen) atoms. The van der Waals surface area contributed by atoms with Crippen LogP contribution in [0, 0.1) is 11.3 Å². The minimum atomic E-state index is 0.168. The first kappa shape index (κ1) is 19.2. The zero-order valence-corrected chi connectivity index (χ0v) is 15.1. The predicted molar refractivity (Wildman–Crippen MR) is 92.4 cm³/mol. The third-order valence-electron chi connectivity index (χ3n) is 3.87. The lowest BCUT2D eigenvalue weighted by atomic mass is 9.78. The molecule has 0 bridgehead atoms. The van der Waals surface area contributed by atoms with Gasteiger partial charge in [0.1, 0.15) is 0 Å². The number of hydrogen-bond acceptors (Lipinski definition) is 3. The van der Waals surface area contributed by atoms with Crippen molar-refractivity contribution < 1.29 is 9.47 Å². The van der Waals surface area contributed by atoms with Crippen molar-refractivity contribution in [3.05, 3.63) is 0 Å². The van der Waals surface area contributed by atoms with Crippen molar-refractivity contribution in [2.75, 3.05) is 39.5 Å². The Morgan fingerprint density at radius 1 is 1.27 bits per heavy atom. The van der Waals surface area contributed by atoms with Gasteiger partial charge >= 0.3 is 0 Å². The molecule has 1 fully saturated rings. The van der Waals surface area contributed by atoms with Crippen molar-refractivity contribution in [3.63, 3.8) is 0 Å². The summed E-state index contributed by atoms with van der Waals surface area (Å²) in [5, 5.41) is 6.62. The van der Waals surface area contributed by atoms with Crippen molar-refractivity contribution in [1.29, 1.82) is 0 Å². The van der Waals surface area contributed by atoms with E-state index in [1.165, 1.54) is 6.42 Å². The van der Waals surface area contributed by atoms with Gasteiger partial charge in [0, 0.05) is 38.8 Å². The monoisotopic (exact) mass is 313 g/mol. The molecule has 1 aliphatic heterocycles. The SMILES string of the molecule is CCNC(=NCC1CCCOC1C(C)(C)C)NCCOCC. The van der Waals surface area contributed by atoms with E-state index in [0.29, 0.717) is 12.5 Å². The van der Waals surface area contributed by atoms with Gasteiger partial charge in [-0.1, -0.05) is 20.8 Å². The van der Waals surface area contributed by atoms with Gasteiger partial charge in [-0.2, -0.15) is 0 Å². The van der Waals surface area contributed by atoms with E-state index in [1.807, 2.05) is 6.92 Å². The average molecular weight is 313 g/mol. The molecule has 1 saturated heterocycles. The fourth-order valence-corrected chi connectivity index (χ4v) is 2.92. The van der Waals surface area contributed by atoms with Crippen LogP contribution in [0.1, 0.15) is 47.5 Å². The third-order valence-corrected chi connectivity index (χ3v) is 3.87. The standard InChI is InChI=1S/C17H35N3O2/c1-6-18-16(19-10-12-21-7-2)20-13-14-9-8-11-22-15(14)17(3,4)5/h14-15H,6-13H2,1-5H3,(H2,18,19,20). The molecule has 5 heteroatoms. The van der Waals surface area contributed by atoms with Gasteiger partial charge in [-0.25, -0.2) is 0 Å². The fraction of sp³-hybridized carbons (Fsp3) is 0.941. The lowest BCUT2D eigenvalue weighted by Crippen LogP contribution is -2.43. The summed E-state index contributed by atoms with van der Waals surface area (Å²) in [7, 11) is 0. The Morgan fingerprint density at radius 3 is 2.68 bits per heavy atom. The van der Waals surface area contributed by atoms with E-state index in [4.69, 9.17) is 14.5 Å². The molecular weight excluding hydrogens is 278 g/mol. The zero-order chi connectivity index (χ0) is 16.4. The van der Waals surface area contributed by atoms with Gasteiger partial charge in [0.05, 0.1) is 12.7 Å². The maximum atomic E-state index is 6.03. The molecule has 1 rings (SSSR count). The second-order valence-electron chi connectivity index (χ2n) is 6.90. The first-order valence-electron chi connectivity index (χ1n) is 8.70. The Kier molecular flexibility index (Phi) is 8.79. The van der Waals surface area contributed by atoms with Gasteiger partial charge in [-0.15, -0.1) is 0 Å². The molecule has 0 aromatic carbocycles. The molecule has 2 unspecified atom stereocenters. The molecule has 2 atom stereocenters. The van der Waals surface area contributed by atoms with Crippen LogP contribution >= 0.6 is 0 Å². The van der Waals surface area contributed by atoms with E-state index in [9.17, 15) is 0 Å². The summed E-state index contributed by atoms with van der Waals surface area (Å²) >= 11 is 0. The summed E-state index contributed by atoms with van der Waals surface area (Å²) in [4.78, 5) is 4.76. The van der Waals surface area contributed by atoms with E-state index < -0.39 is 0 Å². The van der Waals surface area contributed by atoms with Gasteiger partial charge in [0.15, 0.2) is 5.96 Å². The van der Waals surface area contributed by atoms with Crippen LogP contribution in [0.15, 0.2) is 4.99 Å². The highest BCUT2D eigenvalue weighted by atomic mass is 16.5. The highest BCUT2D eigenvalue weighted by molar-refractivity contribution is 5.79. The lowest BCUT2D eigenvalue weighted by Gasteiger charge is -2.39. The molecule has 1 aliphatic rings. The summed E-state index contributed by atoms with van der Waals surface area (Å²) in [6.07, 6.45) is 2.63. The van der Waals surface area contributed by atoms with Gasteiger partial charge in [0.25, 0.3) is 0 Å². The van der Waals surface area contributed by atoms with Crippen LogP contribution in [0.2, 0.25) is 0 Å². The lowest BCUT2D eigenvalue weighted by molar-refractivity contribution is -0.0823. The zero-order valence-electron chi connectivity index (χ0n) is 15.1. The van der Waals surface area contributed by atoms with Crippen molar-refractivity contribution in [2.24, 2.45) is 16.3 Å². The Balaban J connectivity index is 2.54. The van der Waals surface area contributed by atoms with E-state index in [-0.39, 0.29) is 11.5 Å². The van der Waals surface area contributed by atoms with Crippen LogP contribution in [-0.4, -0.2) is 51.5 Å². The number of ether oxygens (including phenoxy) is 2. The van der Waals surface area contributed by atoms with Crippen LogP contribution < -0.4 is 10.6 Å². The van der Waals surface area contributed by atoms with Crippen molar-refractivity contribution in [2.45, 2.75) is 53.6 Å². The second-order valence-corrected chi connectivity index (χ2v) is 6.90. The van der Waals surface area contributed by atoms with Crippen LogP contribution in [0.3, 0.4) is 0 Å². The Morgan fingerprint density at radius 2 is 2.05 bits per heavy atom. The summed E-state index contributed by atoms with van der Waals surface area (Å²) < 4.78 is 11.4. The Labute approximate surface area is 136 Å². The number of aliphatic imine (C=N–C) groups is 1. The predicted octanol–water partition coefficient (Wildman–Crippen LogP) is 2.42.